The van der Waals surface area contributed by atoms with E-state index in [0.717, 1.165) is 0 Å². The Morgan fingerprint density at radius 2 is 1.86 bits per heavy atom. The van der Waals surface area contributed by atoms with Crippen LogP contribution in [0.4, 0.5) is 0 Å². The molecule has 0 saturated carbocycles. The maximum absolute atomic E-state index is 12.1. The van der Waals surface area contributed by atoms with Gasteiger partial charge >= 0.3 is 0 Å². The normalized spacial score (nSPS) is 11.9. The summed E-state index contributed by atoms with van der Waals surface area (Å²) in [6.45, 7) is 3.34. The van der Waals surface area contributed by atoms with Gasteiger partial charge in [0.15, 0.2) is 16.6 Å². The minimum Gasteiger partial charge on any atom is -0.468 e. The first kappa shape index (κ1) is 17.7. The summed E-state index contributed by atoms with van der Waals surface area (Å²) in [5.74, 6) is 0.556. The molecular formula is C15H22O5S. The van der Waals surface area contributed by atoms with Gasteiger partial charge in [-0.25, -0.2) is 8.42 Å². The van der Waals surface area contributed by atoms with Crippen LogP contribution in [0.2, 0.25) is 0 Å². The summed E-state index contributed by atoms with van der Waals surface area (Å²) >= 11 is 0. The van der Waals surface area contributed by atoms with Gasteiger partial charge in [-0.2, -0.15) is 0 Å². The maximum atomic E-state index is 12.1. The number of rotatable bonds is 10. The maximum Gasteiger partial charge on any atom is 0.188 e. The van der Waals surface area contributed by atoms with Crippen LogP contribution in [0.5, 0.6) is 5.75 Å². The van der Waals surface area contributed by atoms with Gasteiger partial charge in [-0.3, -0.25) is 0 Å². The lowest BCUT2D eigenvalue weighted by Crippen LogP contribution is -2.05. The molecule has 118 valence electrons. The SMILES string of the molecule is CCOCC/C=C/CS(=O)(=O)c1ccc(OCOC)cc1. The Balaban J connectivity index is 2.53. The molecular weight excluding hydrogens is 292 g/mol. The predicted octanol–water partition coefficient (Wildman–Crippen LogP) is 2.43. The van der Waals surface area contributed by atoms with Crippen molar-refractivity contribution < 1.29 is 22.6 Å². The second-order valence-corrected chi connectivity index (χ2v) is 6.29. The average Bonchev–Trinajstić information content (AvgIpc) is 2.49. The predicted molar refractivity (Wildman–Crippen MR) is 81.2 cm³/mol. The van der Waals surface area contributed by atoms with Crippen molar-refractivity contribution in [1.29, 1.82) is 0 Å². The second kappa shape index (κ2) is 9.55. The highest BCUT2D eigenvalue weighted by molar-refractivity contribution is 7.91. The molecule has 0 N–H and O–H groups in total. The van der Waals surface area contributed by atoms with Gasteiger partial charge in [0.05, 0.1) is 10.6 Å². The van der Waals surface area contributed by atoms with Crippen molar-refractivity contribution in [3.63, 3.8) is 0 Å². The largest absolute Gasteiger partial charge is 0.468 e. The summed E-state index contributed by atoms with van der Waals surface area (Å²) in [5, 5.41) is 0. The fourth-order valence-corrected chi connectivity index (χ4v) is 2.71. The molecule has 0 saturated heterocycles. The van der Waals surface area contributed by atoms with E-state index in [1.54, 1.807) is 18.2 Å². The first-order valence-electron chi connectivity index (χ1n) is 6.77. The Morgan fingerprint density at radius 3 is 2.48 bits per heavy atom. The van der Waals surface area contributed by atoms with Gasteiger partial charge in [0.1, 0.15) is 5.75 Å². The third-order valence-corrected chi connectivity index (χ3v) is 4.26. The lowest BCUT2D eigenvalue weighted by Gasteiger charge is -2.06. The zero-order valence-electron chi connectivity index (χ0n) is 12.4. The van der Waals surface area contributed by atoms with E-state index in [1.165, 1.54) is 19.2 Å². The molecule has 5 nitrogen and oxygen atoms in total. The standard InChI is InChI=1S/C15H22O5S/c1-3-19-11-5-4-6-12-21(16,17)15-9-7-14(8-10-15)20-13-18-2/h4,6-10H,3,5,11-13H2,1-2H3/b6-4+. The summed E-state index contributed by atoms with van der Waals surface area (Å²) in [6.07, 6.45) is 4.19. The van der Waals surface area contributed by atoms with Crippen LogP contribution in [-0.4, -0.2) is 41.3 Å². The van der Waals surface area contributed by atoms with E-state index in [4.69, 9.17) is 14.2 Å². The Morgan fingerprint density at radius 1 is 1.14 bits per heavy atom. The average molecular weight is 314 g/mol. The number of sulfone groups is 1. The van der Waals surface area contributed by atoms with Gasteiger partial charge < -0.3 is 14.2 Å². The highest BCUT2D eigenvalue weighted by atomic mass is 32.2. The van der Waals surface area contributed by atoms with Gasteiger partial charge in [-0.1, -0.05) is 12.2 Å². The van der Waals surface area contributed by atoms with E-state index in [1.807, 2.05) is 13.0 Å². The first-order chi connectivity index (χ1) is 10.1. The van der Waals surface area contributed by atoms with Crippen LogP contribution in [0, 0.1) is 0 Å². The Hall–Kier alpha value is -1.37. The van der Waals surface area contributed by atoms with Crippen molar-refractivity contribution in [1.82, 2.24) is 0 Å². The van der Waals surface area contributed by atoms with Crippen molar-refractivity contribution in [3.05, 3.63) is 36.4 Å². The fraction of sp³-hybridized carbons (Fsp3) is 0.467. The van der Waals surface area contributed by atoms with Gasteiger partial charge in [0, 0.05) is 20.3 Å². The number of hydrogen-bond donors (Lipinski definition) is 0. The highest BCUT2D eigenvalue weighted by Gasteiger charge is 2.12. The molecule has 0 amide bonds. The molecule has 0 aliphatic carbocycles. The minimum absolute atomic E-state index is 0.0165. The molecule has 0 aliphatic rings. The van der Waals surface area contributed by atoms with E-state index in [9.17, 15) is 8.42 Å². The summed E-state index contributed by atoms with van der Waals surface area (Å²) in [6, 6.07) is 6.30. The van der Waals surface area contributed by atoms with Crippen LogP contribution in [0.1, 0.15) is 13.3 Å². The van der Waals surface area contributed by atoms with E-state index >= 15 is 0 Å². The summed E-state index contributed by atoms with van der Waals surface area (Å²) in [5.41, 5.74) is 0. The summed E-state index contributed by atoms with van der Waals surface area (Å²) in [4.78, 5) is 0.279. The van der Waals surface area contributed by atoms with Crippen LogP contribution < -0.4 is 4.74 Å². The van der Waals surface area contributed by atoms with Crippen LogP contribution in [-0.2, 0) is 19.3 Å². The third-order valence-electron chi connectivity index (χ3n) is 2.64. The number of ether oxygens (including phenoxy) is 3. The molecule has 0 aromatic heterocycles. The molecule has 1 rings (SSSR count). The van der Waals surface area contributed by atoms with Crippen molar-refractivity contribution in [2.24, 2.45) is 0 Å². The van der Waals surface area contributed by atoms with Crippen molar-refractivity contribution in [2.45, 2.75) is 18.2 Å². The molecule has 0 heterocycles. The zero-order chi connectivity index (χ0) is 15.6. The number of methoxy groups -OCH3 is 1. The molecule has 0 atom stereocenters. The Kier molecular flexibility index (Phi) is 8.04. The lowest BCUT2D eigenvalue weighted by molar-refractivity contribution is 0.0511. The van der Waals surface area contributed by atoms with Crippen LogP contribution in [0.3, 0.4) is 0 Å². The van der Waals surface area contributed by atoms with E-state index < -0.39 is 9.84 Å². The quantitative estimate of drug-likeness (QED) is 0.377. The molecule has 6 heteroatoms. The number of benzene rings is 1. The van der Waals surface area contributed by atoms with Crippen LogP contribution >= 0.6 is 0 Å². The van der Waals surface area contributed by atoms with Crippen molar-refractivity contribution in [3.8, 4) is 5.75 Å². The van der Waals surface area contributed by atoms with Crippen LogP contribution in [0.25, 0.3) is 0 Å². The lowest BCUT2D eigenvalue weighted by atomic mass is 10.3. The van der Waals surface area contributed by atoms with Crippen molar-refractivity contribution in [2.75, 3.05) is 32.9 Å². The molecule has 0 bridgehead atoms. The molecule has 0 fully saturated rings. The molecule has 0 unspecified atom stereocenters. The Bertz CT molecular complexity index is 519. The van der Waals surface area contributed by atoms with Crippen LogP contribution in [0.15, 0.2) is 41.3 Å². The van der Waals surface area contributed by atoms with E-state index in [-0.39, 0.29) is 17.4 Å². The molecule has 21 heavy (non-hydrogen) atoms. The zero-order valence-corrected chi connectivity index (χ0v) is 13.3. The summed E-state index contributed by atoms with van der Waals surface area (Å²) in [7, 11) is -1.78. The molecule has 0 spiro atoms. The van der Waals surface area contributed by atoms with Gasteiger partial charge in [0.25, 0.3) is 0 Å². The topological polar surface area (TPSA) is 61.8 Å². The van der Waals surface area contributed by atoms with E-state index in [0.29, 0.717) is 25.4 Å². The molecule has 0 radical (unpaired) electrons. The molecule has 0 aliphatic heterocycles. The minimum atomic E-state index is -3.30. The fourth-order valence-electron chi connectivity index (χ4n) is 1.57. The van der Waals surface area contributed by atoms with Gasteiger partial charge in [-0.15, -0.1) is 0 Å². The Labute approximate surface area is 126 Å². The third kappa shape index (κ3) is 6.75. The van der Waals surface area contributed by atoms with Gasteiger partial charge in [-0.05, 0) is 37.6 Å². The highest BCUT2D eigenvalue weighted by Crippen LogP contribution is 2.17. The number of hydrogen-bond acceptors (Lipinski definition) is 5. The summed E-state index contributed by atoms with van der Waals surface area (Å²) < 4.78 is 39.4. The van der Waals surface area contributed by atoms with Gasteiger partial charge in [0.2, 0.25) is 0 Å². The second-order valence-electron chi connectivity index (χ2n) is 4.26. The smallest absolute Gasteiger partial charge is 0.188 e. The van der Waals surface area contributed by atoms with Crippen molar-refractivity contribution >= 4 is 9.84 Å². The van der Waals surface area contributed by atoms with E-state index in [2.05, 4.69) is 0 Å². The first-order valence-corrected chi connectivity index (χ1v) is 8.42. The monoisotopic (exact) mass is 314 g/mol. The molecule has 1 aromatic carbocycles. The molecule has 1 aromatic rings.